The first-order chi connectivity index (χ1) is 16.8. The first-order valence-corrected chi connectivity index (χ1v) is 12.7. The quantitative estimate of drug-likeness (QED) is 0.516. The number of hydrogen-bond acceptors (Lipinski definition) is 7. The molecule has 1 aliphatic heterocycles. The molecule has 0 unspecified atom stereocenters. The normalized spacial score (nSPS) is 14.8. The highest BCUT2D eigenvalue weighted by molar-refractivity contribution is 7.89. The van der Waals surface area contributed by atoms with Crippen molar-refractivity contribution in [1.82, 2.24) is 14.4 Å². The summed E-state index contributed by atoms with van der Waals surface area (Å²) < 4.78 is 38.6. The molecule has 2 heterocycles. The minimum Gasteiger partial charge on any atom is -0.489 e. The van der Waals surface area contributed by atoms with Crippen molar-refractivity contribution < 1.29 is 22.5 Å². The molecule has 0 saturated carbocycles. The molecule has 1 amide bonds. The number of sulfonamides is 1. The van der Waals surface area contributed by atoms with Crippen molar-refractivity contribution in [3.63, 3.8) is 0 Å². The lowest BCUT2D eigenvalue weighted by Gasteiger charge is -2.22. The lowest BCUT2D eigenvalue weighted by Crippen LogP contribution is -2.37. The largest absolute Gasteiger partial charge is 0.489 e. The van der Waals surface area contributed by atoms with Crippen LogP contribution in [0.25, 0.3) is 0 Å². The van der Waals surface area contributed by atoms with Crippen LogP contribution in [0.4, 0.5) is 0 Å². The molecule has 35 heavy (non-hydrogen) atoms. The Bertz CT molecular complexity index is 1360. The van der Waals surface area contributed by atoms with Crippen LogP contribution in [0.15, 0.2) is 57.9 Å². The second-order valence-corrected chi connectivity index (χ2v) is 10.2. The van der Waals surface area contributed by atoms with Gasteiger partial charge in [0.2, 0.25) is 10.0 Å². The van der Waals surface area contributed by atoms with Crippen molar-refractivity contribution in [2.45, 2.75) is 31.8 Å². The molecule has 1 aromatic heterocycles. The molecule has 0 atom stereocenters. The summed E-state index contributed by atoms with van der Waals surface area (Å²) in [7, 11) is -3.77. The summed E-state index contributed by atoms with van der Waals surface area (Å²) in [5.41, 5.74) is 2.09. The highest BCUT2D eigenvalue weighted by Crippen LogP contribution is 2.25. The number of ether oxygens (including phenoxy) is 1. The summed E-state index contributed by atoms with van der Waals surface area (Å²) in [6, 6.07) is 16.2. The standard InChI is InChI=1S/C25H26N4O5S/c1-18-24(19(2)34-27-18)35(31,32)29-12-6-11-28(13-14-29)25(30)20-9-5-10-23(15-20)33-17-22-8-4-3-7-21(22)16-26/h3-5,7-10,15H,6,11-14,17H2,1-2H3. The van der Waals surface area contributed by atoms with Gasteiger partial charge in [-0.15, -0.1) is 0 Å². The van der Waals surface area contributed by atoms with Gasteiger partial charge in [0.15, 0.2) is 5.76 Å². The molecule has 1 aliphatic rings. The molecule has 0 N–H and O–H groups in total. The third kappa shape index (κ3) is 5.21. The Morgan fingerprint density at radius 1 is 1.11 bits per heavy atom. The summed E-state index contributed by atoms with van der Waals surface area (Å²) in [4.78, 5) is 15.0. The van der Waals surface area contributed by atoms with Crippen molar-refractivity contribution in [2.75, 3.05) is 26.2 Å². The van der Waals surface area contributed by atoms with Crippen LogP contribution in [0, 0.1) is 25.2 Å². The van der Waals surface area contributed by atoms with Crippen molar-refractivity contribution in [2.24, 2.45) is 0 Å². The second-order valence-electron chi connectivity index (χ2n) is 8.29. The van der Waals surface area contributed by atoms with Crippen LogP contribution >= 0.6 is 0 Å². The summed E-state index contributed by atoms with van der Waals surface area (Å²) in [5, 5.41) is 13.0. The van der Waals surface area contributed by atoms with Crippen molar-refractivity contribution >= 4 is 15.9 Å². The fraction of sp³-hybridized carbons (Fsp3) is 0.320. The Hall–Kier alpha value is -3.68. The van der Waals surface area contributed by atoms with E-state index in [2.05, 4.69) is 11.2 Å². The van der Waals surface area contributed by atoms with Gasteiger partial charge in [-0.05, 0) is 44.5 Å². The van der Waals surface area contributed by atoms with Crippen LogP contribution < -0.4 is 4.74 Å². The Morgan fingerprint density at radius 2 is 1.91 bits per heavy atom. The third-order valence-corrected chi connectivity index (χ3v) is 8.06. The molecular weight excluding hydrogens is 468 g/mol. The number of carbonyl (C=O) groups excluding carboxylic acids is 1. The van der Waals surface area contributed by atoms with E-state index in [1.807, 2.05) is 12.1 Å². The minimum atomic E-state index is -3.77. The van der Waals surface area contributed by atoms with Crippen LogP contribution in [-0.2, 0) is 16.6 Å². The molecule has 1 fully saturated rings. The van der Waals surface area contributed by atoms with Gasteiger partial charge in [-0.25, -0.2) is 8.42 Å². The van der Waals surface area contributed by atoms with Crippen molar-refractivity contribution in [1.29, 1.82) is 5.26 Å². The minimum absolute atomic E-state index is 0.0973. The third-order valence-electron chi connectivity index (χ3n) is 5.92. The van der Waals surface area contributed by atoms with Gasteiger partial charge < -0.3 is 14.2 Å². The molecular formula is C25H26N4O5S. The fourth-order valence-electron chi connectivity index (χ4n) is 4.13. The van der Waals surface area contributed by atoms with E-state index in [0.29, 0.717) is 42.1 Å². The van der Waals surface area contributed by atoms with Gasteiger partial charge in [0.05, 0.1) is 11.6 Å². The van der Waals surface area contributed by atoms with Gasteiger partial charge in [-0.2, -0.15) is 9.57 Å². The number of rotatable bonds is 6. The van der Waals surface area contributed by atoms with Gasteiger partial charge in [0.25, 0.3) is 5.91 Å². The molecule has 0 spiro atoms. The molecule has 0 aliphatic carbocycles. The average molecular weight is 495 g/mol. The Labute approximate surface area is 204 Å². The van der Waals surface area contributed by atoms with E-state index < -0.39 is 10.0 Å². The van der Waals surface area contributed by atoms with E-state index in [-0.39, 0.29) is 36.3 Å². The summed E-state index contributed by atoms with van der Waals surface area (Å²) >= 11 is 0. The fourth-order valence-corrected chi connectivity index (χ4v) is 5.89. The number of hydrogen-bond donors (Lipinski definition) is 0. The second kappa shape index (κ2) is 10.3. The Morgan fingerprint density at radius 3 is 2.66 bits per heavy atom. The maximum Gasteiger partial charge on any atom is 0.254 e. The van der Waals surface area contributed by atoms with Crippen LogP contribution in [0.3, 0.4) is 0 Å². The SMILES string of the molecule is Cc1noc(C)c1S(=O)(=O)N1CCCN(C(=O)c2cccc(OCc3ccccc3C#N)c2)CC1. The molecule has 1 saturated heterocycles. The van der Waals surface area contributed by atoms with E-state index in [1.54, 1.807) is 55.1 Å². The zero-order chi connectivity index (χ0) is 25.0. The van der Waals surface area contributed by atoms with Crippen LogP contribution in [0.2, 0.25) is 0 Å². The summed E-state index contributed by atoms with van der Waals surface area (Å²) in [5.74, 6) is 0.583. The maximum absolute atomic E-state index is 13.2. The number of benzene rings is 2. The molecule has 0 bridgehead atoms. The van der Waals surface area contributed by atoms with E-state index in [4.69, 9.17) is 9.26 Å². The predicted molar refractivity (Wildman–Crippen MR) is 127 cm³/mol. The number of nitrogens with zero attached hydrogens (tertiary/aromatic N) is 4. The van der Waals surface area contributed by atoms with Gasteiger partial charge >= 0.3 is 0 Å². The zero-order valence-electron chi connectivity index (χ0n) is 19.6. The molecule has 2 aromatic carbocycles. The topological polar surface area (TPSA) is 117 Å². The lowest BCUT2D eigenvalue weighted by molar-refractivity contribution is 0.0763. The smallest absolute Gasteiger partial charge is 0.254 e. The van der Waals surface area contributed by atoms with E-state index in [0.717, 1.165) is 5.56 Å². The van der Waals surface area contributed by atoms with Gasteiger partial charge in [-0.3, -0.25) is 4.79 Å². The molecule has 3 aromatic rings. The van der Waals surface area contributed by atoms with Gasteiger partial charge in [-0.1, -0.05) is 29.4 Å². The van der Waals surface area contributed by atoms with E-state index in [1.165, 1.54) is 4.31 Å². The number of amides is 1. The summed E-state index contributed by atoms with van der Waals surface area (Å²) in [6.45, 7) is 4.57. The van der Waals surface area contributed by atoms with Gasteiger partial charge in [0, 0.05) is 37.3 Å². The van der Waals surface area contributed by atoms with Crippen molar-refractivity contribution in [3.05, 3.63) is 76.7 Å². The monoisotopic (exact) mass is 494 g/mol. The predicted octanol–water partition coefficient (Wildman–Crippen LogP) is 3.28. The van der Waals surface area contributed by atoms with E-state index >= 15 is 0 Å². The Balaban J connectivity index is 1.43. The van der Waals surface area contributed by atoms with Crippen LogP contribution in [0.5, 0.6) is 5.75 Å². The lowest BCUT2D eigenvalue weighted by atomic mass is 10.1. The highest BCUT2D eigenvalue weighted by atomic mass is 32.2. The number of aromatic nitrogens is 1. The highest BCUT2D eigenvalue weighted by Gasteiger charge is 2.33. The van der Waals surface area contributed by atoms with E-state index in [9.17, 15) is 18.5 Å². The van der Waals surface area contributed by atoms with Crippen LogP contribution in [-0.4, -0.2) is 54.9 Å². The van der Waals surface area contributed by atoms with Crippen molar-refractivity contribution in [3.8, 4) is 11.8 Å². The molecule has 9 nitrogen and oxygen atoms in total. The molecule has 182 valence electrons. The molecule has 10 heteroatoms. The maximum atomic E-state index is 13.2. The first-order valence-electron chi connectivity index (χ1n) is 11.2. The summed E-state index contributed by atoms with van der Waals surface area (Å²) in [6.07, 6.45) is 0.509. The molecule has 4 rings (SSSR count). The average Bonchev–Trinajstić information content (AvgIpc) is 3.05. The number of carbonyl (C=O) groups is 1. The molecule has 0 radical (unpaired) electrons. The zero-order valence-corrected chi connectivity index (χ0v) is 20.4. The van der Waals surface area contributed by atoms with Crippen LogP contribution in [0.1, 0.15) is 39.4 Å². The first kappa shape index (κ1) is 24.4. The van der Waals surface area contributed by atoms with Gasteiger partial charge in [0.1, 0.15) is 22.9 Å². The number of aryl methyl sites for hydroxylation is 2. The number of nitriles is 1. The Kier molecular flexibility index (Phi) is 7.19.